The van der Waals surface area contributed by atoms with Gasteiger partial charge in [0.1, 0.15) is 0 Å². The highest BCUT2D eigenvalue weighted by Gasteiger charge is 2.21. The van der Waals surface area contributed by atoms with Gasteiger partial charge in [-0.05, 0) is 50.8 Å². The molecule has 1 aromatic heterocycles. The van der Waals surface area contributed by atoms with Crippen LogP contribution in [0.15, 0.2) is 18.2 Å². The first-order chi connectivity index (χ1) is 8.69. The van der Waals surface area contributed by atoms with E-state index >= 15 is 0 Å². The van der Waals surface area contributed by atoms with Crippen LogP contribution >= 0.6 is 0 Å². The van der Waals surface area contributed by atoms with Gasteiger partial charge in [0, 0.05) is 19.1 Å². The molecule has 3 heteroatoms. The molecule has 1 aromatic rings. The number of aromatic nitrogens is 1. The molecule has 18 heavy (non-hydrogen) atoms. The van der Waals surface area contributed by atoms with Crippen LogP contribution in [0.1, 0.15) is 44.0 Å². The zero-order valence-electron chi connectivity index (χ0n) is 11.6. The van der Waals surface area contributed by atoms with E-state index in [1.165, 1.54) is 25.7 Å². The highest BCUT2D eigenvalue weighted by Crippen LogP contribution is 2.26. The van der Waals surface area contributed by atoms with Gasteiger partial charge >= 0.3 is 0 Å². The van der Waals surface area contributed by atoms with Gasteiger partial charge in [-0.1, -0.05) is 13.0 Å². The molecule has 0 saturated heterocycles. The predicted molar refractivity (Wildman–Crippen MR) is 75.0 cm³/mol. The predicted octanol–water partition coefficient (Wildman–Crippen LogP) is 2.55. The van der Waals surface area contributed by atoms with E-state index in [4.69, 9.17) is 5.73 Å². The van der Waals surface area contributed by atoms with Crippen LogP contribution in [0.4, 0.5) is 0 Å². The summed E-state index contributed by atoms with van der Waals surface area (Å²) < 4.78 is 0. The van der Waals surface area contributed by atoms with Crippen LogP contribution in [0.25, 0.3) is 0 Å². The maximum atomic E-state index is 5.63. The van der Waals surface area contributed by atoms with Crippen molar-refractivity contribution in [1.29, 1.82) is 0 Å². The Balaban J connectivity index is 1.91. The zero-order valence-corrected chi connectivity index (χ0v) is 11.6. The third kappa shape index (κ3) is 3.53. The number of nitrogens with two attached hydrogens (primary N) is 1. The second-order valence-electron chi connectivity index (χ2n) is 5.65. The molecule has 0 atom stereocenters. The maximum absolute atomic E-state index is 5.63. The first-order valence-corrected chi connectivity index (χ1v) is 7.04. The van der Waals surface area contributed by atoms with Crippen LogP contribution in [-0.2, 0) is 13.1 Å². The fourth-order valence-corrected chi connectivity index (χ4v) is 2.80. The molecular formula is C15H25N3. The van der Waals surface area contributed by atoms with Crippen molar-refractivity contribution in [3.63, 3.8) is 0 Å². The Bertz CT molecular complexity index is 370. The van der Waals surface area contributed by atoms with Gasteiger partial charge < -0.3 is 5.73 Å². The summed E-state index contributed by atoms with van der Waals surface area (Å²) in [7, 11) is 2.22. The number of hydrogen-bond acceptors (Lipinski definition) is 3. The molecule has 100 valence electrons. The van der Waals surface area contributed by atoms with Gasteiger partial charge in [0.2, 0.25) is 0 Å². The highest BCUT2D eigenvalue weighted by atomic mass is 15.1. The monoisotopic (exact) mass is 247 g/mol. The molecule has 3 nitrogen and oxygen atoms in total. The van der Waals surface area contributed by atoms with Crippen molar-refractivity contribution in [3.05, 3.63) is 29.6 Å². The Kier molecular flexibility index (Phi) is 4.72. The topological polar surface area (TPSA) is 42.1 Å². The van der Waals surface area contributed by atoms with Crippen molar-refractivity contribution in [2.75, 3.05) is 7.05 Å². The second kappa shape index (κ2) is 6.30. The van der Waals surface area contributed by atoms with Gasteiger partial charge in [-0.2, -0.15) is 0 Å². The van der Waals surface area contributed by atoms with Crippen LogP contribution in [0.2, 0.25) is 0 Å². The van der Waals surface area contributed by atoms with Gasteiger partial charge in [0.05, 0.1) is 11.4 Å². The van der Waals surface area contributed by atoms with E-state index in [1.807, 2.05) is 6.07 Å². The lowest BCUT2D eigenvalue weighted by Gasteiger charge is -2.33. The van der Waals surface area contributed by atoms with E-state index in [-0.39, 0.29) is 0 Å². The van der Waals surface area contributed by atoms with E-state index in [0.717, 1.165) is 29.9 Å². The zero-order chi connectivity index (χ0) is 13.0. The summed E-state index contributed by atoms with van der Waals surface area (Å²) in [5.74, 6) is 0.911. The van der Waals surface area contributed by atoms with Crippen LogP contribution in [0.3, 0.4) is 0 Å². The fourth-order valence-electron chi connectivity index (χ4n) is 2.80. The number of nitrogens with zero attached hydrogens (tertiary/aromatic N) is 2. The normalized spacial score (nSPS) is 24.4. The van der Waals surface area contributed by atoms with E-state index < -0.39 is 0 Å². The lowest BCUT2D eigenvalue weighted by atomic mass is 9.87. The SMILES string of the molecule is CC1CCC(N(C)Cc2cccc(CN)n2)CC1. The summed E-state index contributed by atoms with van der Waals surface area (Å²) in [6.45, 7) is 3.83. The molecule has 0 amide bonds. The van der Waals surface area contributed by atoms with Crippen LogP contribution in [-0.4, -0.2) is 23.0 Å². The van der Waals surface area contributed by atoms with Gasteiger partial charge in [-0.15, -0.1) is 0 Å². The Hall–Kier alpha value is -0.930. The van der Waals surface area contributed by atoms with Crippen LogP contribution in [0.5, 0.6) is 0 Å². The molecule has 0 radical (unpaired) electrons. The molecule has 0 aliphatic heterocycles. The quantitative estimate of drug-likeness (QED) is 0.889. The summed E-state index contributed by atoms with van der Waals surface area (Å²) in [5.41, 5.74) is 7.75. The number of pyridine rings is 1. The molecule has 1 aliphatic rings. The summed E-state index contributed by atoms with van der Waals surface area (Å²) in [6, 6.07) is 6.87. The lowest BCUT2D eigenvalue weighted by molar-refractivity contribution is 0.162. The van der Waals surface area contributed by atoms with Crippen LogP contribution in [0, 0.1) is 5.92 Å². The molecule has 0 aromatic carbocycles. The molecule has 0 bridgehead atoms. The molecular weight excluding hydrogens is 222 g/mol. The third-order valence-electron chi connectivity index (χ3n) is 4.09. The van der Waals surface area contributed by atoms with Gasteiger partial charge in [-0.3, -0.25) is 9.88 Å². The molecule has 1 heterocycles. The summed E-state index contributed by atoms with van der Waals surface area (Å²) in [5, 5.41) is 0. The van der Waals surface area contributed by atoms with E-state index in [9.17, 15) is 0 Å². The van der Waals surface area contributed by atoms with Crippen molar-refractivity contribution < 1.29 is 0 Å². The summed E-state index contributed by atoms with van der Waals surface area (Å²) in [6.07, 6.45) is 5.39. The van der Waals surface area contributed by atoms with Crippen molar-refractivity contribution in [1.82, 2.24) is 9.88 Å². The molecule has 2 N–H and O–H groups in total. The average Bonchev–Trinajstić information content (AvgIpc) is 2.39. The van der Waals surface area contributed by atoms with Crippen molar-refractivity contribution in [2.45, 2.75) is 51.7 Å². The number of hydrogen-bond donors (Lipinski definition) is 1. The Morgan fingerprint density at radius 1 is 1.22 bits per heavy atom. The second-order valence-corrected chi connectivity index (χ2v) is 5.65. The largest absolute Gasteiger partial charge is 0.325 e. The third-order valence-corrected chi connectivity index (χ3v) is 4.09. The maximum Gasteiger partial charge on any atom is 0.0547 e. The van der Waals surface area contributed by atoms with Crippen molar-refractivity contribution >= 4 is 0 Å². The minimum absolute atomic E-state index is 0.526. The highest BCUT2D eigenvalue weighted by molar-refractivity contribution is 5.11. The van der Waals surface area contributed by atoms with Crippen molar-refractivity contribution in [2.24, 2.45) is 11.7 Å². The van der Waals surface area contributed by atoms with Gasteiger partial charge in [0.15, 0.2) is 0 Å². The molecule has 1 aliphatic carbocycles. The first kappa shape index (κ1) is 13.5. The average molecular weight is 247 g/mol. The van der Waals surface area contributed by atoms with Crippen LogP contribution < -0.4 is 5.73 Å². The molecule has 1 fully saturated rings. The molecule has 0 spiro atoms. The molecule has 2 rings (SSSR count). The minimum Gasteiger partial charge on any atom is -0.325 e. The standard InChI is InChI=1S/C15H25N3/c1-12-6-8-15(9-7-12)18(2)11-14-5-3-4-13(10-16)17-14/h3-5,12,15H,6-11,16H2,1-2H3. The van der Waals surface area contributed by atoms with E-state index in [1.54, 1.807) is 0 Å². The minimum atomic E-state index is 0.526. The Morgan fingerprint density at radius 3 is 2.56 bits per heavy atom. The van der Waals surface area contributed by atoms with E-state index in [0.29, 0.717) is 6.54 Å². The smallest absolute Gasteiger partial charge is 0.0547 e. The number of rotatable bonds is 4. The summed E-state index contributed by atoms with van der Waals surface area (Å²) >= 11 is 0. The first-order valence-electron chi connectivity index (χ1n) is 7.04. The van der Waals surface area contributed by atoms with Gasteiger partial charge in [-0.25, -0.2) is 0 Å². The van der Waals surface area contributed by atoms with Gasteiger partial charge in [0.25, 0.3) is 0 Å². The lowest BCUT2D eigenvalue weighted by Crippen LogP contribution is -2.34. The Labute approximate surface area is 110 Å². The summed E-state index contributed by atoms with van der Waals surface area (Å²) in [4.78, 5) is 7.03. The van der Waals surface area contributed by atoms with Crippen molar-refractivity contribution in [3.8, 4) is 0 Å². The fraction of sp³-hybridized carbons (Fsp3) is 0.667. The Morgan fingerprint density at radius 2 is 1.89 bits per heavy atom. The van der Waals surface area contributed by atoms with E-state index in [2.05, 4.69) is 36.0 Å². The molecule has 0 unspecified atom stereocenters. The molecule has 1 saturated carbocycles.